The van der Waals surface area contributed by atoms with Crippen LogP contribution in [-0.4, -0.2) is 30.3 Å². The number of ether oxygens (including phenoxy) is 1. The Bertz CT molecular complexity index is 1080. The lowest BCUT2D eigenvalue weighted by Gasteiger charge is -2.13. The van der Waals surface area contributed by atoms with E-state index in [0.717, 1.165) is 5.56 Å². The lowest BCUT2D eigenvalue weighted by molar-refractivity contribution is 0.378. The minimum absolute atomic E-state index is 0.00503. The molecule has 0 aliphatic heterocycles. The average molecular weight is 440 g/mol. The van der Waals surface area contributed by atoms with Crippen LogP contribution >= 0.6 is 23.2 Å². The van der Waals surface area contributed by atoms with Crippen LogP contribution in [0.2, 0.25) is 10.0 Å². The summed E-state index contributed by atoms with van der Waals surface area (Å²) in [5.74, 6) is 0.261. The molecule has 3 aromatic rings. The summed E-state index contributed by atoms with van der Waals surface area (Å²) in [6.07, 6.45) is 3.63. The van der Waals surface area contributed by atoms with E-state index in [4.69, 9.17) is 27.9 Å². The third kappa shape index (κ3) is 4.01. The Hall–Kier alpha value is -2.09. The average Bonchev–Trinajstić information content (AvgIpc) is 3.01. The summed E-state index contributed by atoms with van der Waals surface area (Å²) in [5, 5.41) is 4.94. The maximum atomic E-state index is 13.6. The Kier molecular flexibility index (Phi) is 5.98. The van der Waals surface area contributed by atoms with Gasteiger partial charge in [-0.05, 0) is 49.7 Å². The first-order valence-corrected chi connectivity index (χ1v) is 10.7. The molecule has 0 bridgehead atoms. The first-order valence-electron chi connectivity index (χ1n) is 8.49. The molecule has 0 spiro atoms. The Morgan fingerprint density at radius 1 is 1.11 bits per heavy atom. The number of nitrogens with zero attached hydrogens (tertiary/aromatic N) is 3. The molecule has 2 heterocycles. The maximum Gasteiger partial charge on any atom is 0.237 e. The van der Waals surface area contributed by atoms with Crippen molar-refractivity contribution in [2.75, 3.05) is 7.11 Å². The number of sulfone groups is 1. The van der Waals surface area contributed by atoms with Gasteiger partial charge in [-0.2, -0.15) is 0 Å². The van der Waals surface area contributed by atoms with Gasteiger partial charge in [-0.25, -0.2) is 13.1 Å². The molecule has 3 rings (SSSR count). The van der Waals surface area contributed by atoms with Gasteiger partial charge < -0.3 is 4.74 Å². The zero-order valence-corrected chi connectivity index (χ0v) is 17.9. The van der Waals surface area contributed by atoms with Gasteiger partial charge in [-0.1, -0.05) is 23.2 Å². The number of halogens is 2. The second kappa shape index (κ2) is 8.11. The van der Waals surface area contributed by atoms with Gasteiger partial charge in [0.15, 0.2) is 5.03 Å². The summed E-state index contributed by atoms with van der Waals surface area (Å²) >= 11 is 12.1. The predicted octanol–water partition coefficient (Wildman–Crippen LogP) is 4.60. The van der Waals surface area contributed by atoms with Crippen LogP contribution in [0, 0.1) is 0 Å². The summed E-state index contributed by atoms with van der Waals surface area (Å²) in [7, 11) is -2.50. The molecule has 6 nitrogen and oxygen atoms in total. The number of aromatic nitrogens is 3. The van der Waals surface area contributed by atoms with E-state index in [2.05, 4.69) is 10.1 Å². The summed E-state index contributed by atoms with van der Waals surface area (Å²) in [6, 6.07) is 7.67. The molecule has 1 aromatic carbocycles. The summed E-state index contributed by atoms with van der Waals surface area (Å²) in [6.45, 7) is 3.71. The standard InChI is InChI=1S/C19H19Cl2N3O3S/c1-12(2)24-19(28(25,26)16-10-14(20)9-15(21)11-16)17(18(23-24)27-3)8-13-4-6-22-7-5-13/h4-7,9-12H,8H2,1-3H3. The van der Waals surface area contributed by atoms with Crippen molar-refractivity contribution in [3.05, 3.63) is 63.9 Å². The lowest BCUT2D eigenvalue weighted by Crippen LogP contribution is -2.15. The van der Waals surface area contributed by atoms with Crippen molar-refractivity contribution in [2.45, 2.75) is 36.2 Å². The van der Waals surface area contributed by atoms with E-state index < -0.39 is 9.84 Å². The molecule has 9 heteroatoms. The van der Waals surface area contributed by atoms with Crippen molar-refractivity contribution in [1.82, 2.24) is 14.8 Å². The second-order valence-electron chi connectivity index (χ2n) is 6.47. The van der Waals surface area contributed by atoms with Crippen molar-refractivity contribution in [2.24, 2.45) is 0 Å². The fraction of sp³-hybridized carbons (Fsp3) is 0.263. The highest BCUT2D eigenvalue weighted by Gasteiger charge is 2.32. The monoisotopic (exact) mass is 439 g/mol. The molecule has 0 aliphatic carbocycles. The largest absolute Gasteiger partial charge is 0.480 e. The molecule has 0 aliphatic rings. The molecule has 0 fully saturated rings. The van der Waals surface area contributed by atoms with E-state index in [-0.39, 0.29) is 31.9 Å². The van der Waals surface area contributed by atoms with E-state index in [1.165, 1.54) is 30.0 Å². The molecule has 148 valence electrons. The zero-order valence-electron chi connectivity index (χ0n) is 15.6. The normalized spacial score (nSPS) is 11.8. The summed E-state index contributed by atoms with van der Waals surface area (Å²) < 4.78 is 34.0. The van der Waals surface area contributed by atoms with Gasteiger partial charge in [-0.15, -0.1) is 5.10 Å². The third-order valence-electron chi connectivity index (χ3n) is 4.14. The van der Waals surface area contributed by atoms with Crippen LogP contribution in [0.3, 0.4) is 0 Å². The third-order valence-corrected chi connectivity index (χ3v) is 6.37. The highest BCUT2D eigenvalue weighted by molar-refractivity contribution is 7.91. The van der Waals surface area contributed by atoms with Crippen LogP contribution in [0.1, 0.15) is 31.0 Å². The van der Waals surface area contributed by atoms with Crippen LogP contribution < -0.4 is 4.74 Å². The topological polar surface area (TPSA) is 74.1 Å². The molecular weight excluding hydrogens is 421 g/mol. The molecule has 0 N–H and O–H groups in total. The highest BCUT2D eigenvalue weighted by atomic mass is 35.5. The first-order chi connectivity index (χ1) is 13.2. The van der Waals surface area contributed by atoms with Crippen LogP contribution in [-0.2, 0) is 16.3 Å². The molecule has 0 unspecified atom stereocenters. The Morgan fingerprint density at radius 3 is 2.25 bits per heavy atom. The van der Waals surface area contributed by atoms with Crippen LogP contribution in [0.15, 0.2) is 52.6 Å². The number of hydrogen-bond donors (Lipinski definition) is 0. The zero-order chi connectivity index (χ0) is 20.5. The molecule has 0 saturated heterocycles. The summed E-state index contributed by atoms with van der Waals surface area (Å²) in [4.78, 5) is 4.01. The van der Waals surface area contributed by atoms with Gasteiger partial charge in [0.05, 0.1) is 17.6 Å². The predicted molar refractivity (Wildman–Crippen MR) is 108 cm³/mol. The van der Waals surface area contributed by atoms with E-state index in [9.17, 15) is 8.42 Å². The molecule has 0 atom stereocenters. The van der Waals surface area contributed by atoms with E-state index in [1.54, 1.807) is 12.4 Å². The van der Waals surface area contributed by atoms with Crippen LogP contribution in [0.4, 0.5) is 0 Å². The van der Waals surface area contributed by atoms with E-state index in [1.807, 2.05) is 26.0 Å². The SMILES string of the molecule is COc1nn(C(C)C)c(S(=O)(=O)c2cc(Cl)cc(Cl)c2)c1Cc1ccncc1. The molecule has 0 amide bonds. The molecule has 28 heavy (non-hydrogen) atoms. The van der Waals surface area contributed by atoms with Crippen molar-refractivity contribution in [3.8, 4) is 5.88 Å². The van der Waals surface area contributed by atoms with Gasteiger partial charge in [0.2, 0.25) is 15.7 Å². The number of pyridine rings is 1. The van der Waals surface area contributed by atoms with E-state index in [0.29, 0.717) is 12.0 Å². The number of rotatable bonds is 6. The van der Waals surface area contributed by atoms with Gasteiger partial charge in [0, 0.05) is 34.9 Å². The summed E-state index contributed by atoms with van der Waals surface area (Å²) in [5.41, 5.74) is 1.36. The number of methoxy groups -OCH3 is 1. The smallest absolute Gasteiger partial charge is 0.237 e. The molecular formula is C19H19Cl2N3O3S. The van der Waals surface area contributed by atoms with Gasteiger partial charge >= 0.3 is 0 Å². The van der Waals surface area contributed by atoms with Gasteiger partial charge in [-0.3, -0.25) is 4.98 Å². The first kappa shape index (κ1) is 20.6. The molecule has 2 aromatic heterocycles. The quantitative estimate of drug-likeness (QED) is 0.560. The van der Waals surface area contributed by atoms with Crippen molar-refractivity contribution >= 4 is 33.0 Å². The Balaban J connectivity index is 2.26. The van der Waals surface area contributed by atoms with Crippen molar-refractivity contribution in [3.63, 3.8) is 0 Å². The highest BCUT2D eigenvalue weighted by Crippen LogP contribution is 2.35. The van der Waals surface area contributed by atoms with Crippen molar-refractivity contribution in [1.29, 1.82) is 0 Å². The van der Waals surface area contributed by atoms with Crippen LogP contribution in [0.5, 0.6) is 5.88 Å². The fourth-order valence-electron chi connectivity index (χ4n) is 2.88. The lowest BCUT2D eigenvalue weighted by atomic mass is 10.1. The van der Waals surface area contributed by atoms with Gasteiger partial charge in [0.25, 0.3) is 0 Å². The maximum absolute atomic E-state index is 13.6. The minimum Gasteiger partial charge on any atom is -0.480 e. The fourth-order valence-corrected chi connectivity index (χ4v) is 5.31. The van der Waals surface area contributed by atoms with Crippen molar-refractivity contribution < 1.29 is 13.2 Å². The second-order valence-corrected chi connectivity index (χ2v) is 9.21. The van der Waals surface area contributed by atoms with E-state index >= 15 is 0 Å². The number of benzene rings is 1. The Labute approximate surface area is 174 Å². The molecule has 0 radical (unpaired) electrons. The number of hydrogen-bond acceptors (Lipinski definition) is 5. The molecule has 0 saturated carbocycles. The Morgan fingerprint density at radius 2 is 1.71 bits per heavy atom. The minimum atomic E-state index is -3.96. The van der Waals surface area contributed by atoms with Gasteiger partial charge in [0.1, 0.15) is 0 Å². The van der Waals surface area contributed by atoms with Crippen LogP contribution in [0.25, 0.3) is 0 Å².